The summed E-state index contributed by atoms with van der Waals surface area (Å²) in [6.45, 7) is 0.557. The minimum absolute atomic E-state index is 0.0348. The third-order valence-corrected chi connectivity index (χ3v) is 4.26. The third-order valence-electron chi connectivity index (χ3n) is 3.74. The van der Waals surface area contributed by atoms with Gasteiger partial charge in [-0.15, -0.1) is 0 Å². The zero-order chi connectivity index (χ0) is 19.2. The van der Waals surface area contributed by atoms with Crippen molar-refractivity contribution in [3.8, 4) is 11.5 Å². The van der Waals surface area contributed by atoms with E-state index in [0.717, 1.165) is 10.0 Å². The van der Waals surface area contributed by atoms with Crippen LogP contribution in [0.25, 0.3) is 0 Å². The molecule has 0 aliphatic carbocycles. The van der Waals surface area contributed by atoms with Crippen molar-refractivity contribution in [2.24, 2.45) is 5.10 Å². The SMILES string of the molecule is COc1ccc(O)c(/C=N/NC(=O)c2ccn(Cc3ccc(Br)cc3)n2)c1. The minimum Gasteiger partial charge on any atom is -0.507 e. The largest absolute Gasteiger partial charge is 0.507 e. The molecule has 1 aromatic heterocycles. The second kappa shape index (κ2) is 8.50. The van der Waals surface area contributed by atoms with Crippen molar-refractivity contribution < 1.29 is 14.6 Å². The highest BCUT2D eigenvalue weighted by molar-refractivity contribution is 9.10. The lowest BCUT2D eigenvalue weighted by atomic mass is 10.2. The lowest BCUT2D eigenvalue weighted by Gasteiger charge is -2.03. The highest BCUT2D eigenvalue weighted by Crippen LogP contribution is 2.21. The highest BCUT2D eigenvalue weighted by atomic mass is 79.9. The lowest BCUT2D eigenvalue weighted by Crippen LogP contribution is -2.18. The number of ether oxygens (including phenoxy) is 1. The van der Waals surface area contributed by atoms with Crippen molar-refractivity contribution in [1.82, 2.24) is 15.2 Å². The van der Waals surface area contributed by atoms with Crippen LogP contribution < -0.4 is 10.2 Å². The average Bonchev–Trinajstić information content (AvgIpc) is 3.13. The van der Waals surface area contributed by atoms with Crippen LogP contribution in [-0.4, -0.2) is 34.1 Å². The number of phenolic OH excluding ortho intramolecular Hbond substituents is 1. The topological polar surface area (TPSA) is 88.7 Å². The summed E-state index contributed by atoms with van der Waals surface area (Å²) in [5.74, 6) is 0.169. The molecule has 3 rings (SSSR count). The van der Waals surface area contributed by atoms with Crippen LogP contribution in [0.15, 0.2) is 64.3 Å². The van der Waals surface area contributed by atoms with Crippen LogP contribution in [0.4, 0.5) is 0 Å². The number of benzene rings is 2. The number of hydrazone groups is 1. The summed E-state index contributed by atoms with van der Waals surface area (Å²) in [6, 6.07) is 14.2. The number of carbonyl (C=O) groups is 1. The number of nitrogens with one attached hydrogen (secondary N) is 1. The molecule has 7 nitrogen and oxygen atoms in total. The van der Waals surface area contributed by atoms with Gasteiger partial charge in [-0.1, -0.05) is 28.1 Å². The monoisotopic (exact) mass is 428 g/mol. The van der Waals surface area contributed by atoms with Crippen LogP contribution >= 0.6 is 15.9 Å². The molecule has 27 heavy (non-hydrogen) atoms. The molecule has 0 saturated carbocycles. The van der Waals surface area contributed by atoms with Gasteiger partial charge < -0.3 is 9.84 Å². The number of aromatic nitrogens is 2. The second-order valence-corrected chi connectivity index (χ2v) is 6.56. The van der Waals surface area contributed by atoms with E-state index >= 15 is 0 Å². The van der Waals surface area contributed by atoms with E-state index in [0.29, 0.717) is 17.9 Å². The van der Waals surface area contributed by atoms with Gasteiger partial charge in [0.1, 0.15) is 11.5 Å². The lowest BCUT2D eigenvalue weighted by molar-refractivity contribution is 0.0949. The van der Waals surface area contributed by atoms with Crippen molar-refractivity contribution in [2.75, 3.05) is 7.11 Å². The van der Waals surface area contributed by atoms with Gasteiger partial charge >= 0.3 is 0 Å². The Morgan fingerprint density at radius 3 is 2.81 bits per heavy atom. The van der Waals surface area contributed by atoms with Crippen molar-refractivity contribution in [2.45, 2.75) is 6.54 Å². The molecule has 0 aliphatic rings. The predicted molar refractivity (Wildman–Crippen MR) is 105 cm³/mol. The molecular weight excluding hydrogens is 412 g/mol. The summed E-state index contributed by atoms with van der Waals surface area (Å²) in [5, 5.41) is 17.9. The van der Waals surface area contributed by atoms with Crippen LogP contribution in [0.3, 0.4) is 0 Å². The molecule has 0 saturated heterocycles. The number of phenols is 1. The van der Waals surface area contributed by atoms with E-state index in [1.807, 2.05) is 24.3 Å². The molecule has 0 atom stereocenters. The summed E-state index contributed by atoms with van der Waals surface area (Å²) in [4.78, 5) is 12.2. The Labute approximate surface area is 164 Å². The first kappa shape index (κ1) is 18.7. The molecule has 2 N–H and O–H groups in total. The molecule has 0 bridgehead atoms. The van der Waals surface area contributed by atoms with Gasteiger partial charge in [-0.05, 0) is 42.0 Å². The summed E-state index contributed by atoms with van der Waals surface area (Å²) < 4.78 is 7.77. The van der Waals surface area contributed by atoms with Gasteiger partial charge in [-0.2, -0.15) is 10.2 Å². The molecule has 0 aliphatic heterocycles. The Morgan fingerprint density at radius 2 is 2.07 bits per heavy atom. The maximum absolute atomic E-state index is 12.2. The first-order chi connectivity index (χ1) is 13.0. The Kier molecular flexibility index (Phi) is 5.87. The zero-order valence-electron chi connectivity index (χ0n) is 14.5. The standard InChI is InChI=1S/C19H17BrN4O3/c1-27-16-6-7-18(25)14(10-16)11-21-22-19(26)17-8-9-24(23-17)12-13-2-4-15(20)5-3-13/h2-11,25H,12H2,1H3,(H,22,26)/b21-11+. The van der Waals surface area contributed by atoms with E-state index in [2.05, 4.69) is 31.6 Å². The van der Waals surface area contributed by atoms with Gasteiger partial charge in [0.05, 0.1) is 19.9 Å². The summed E-state index contributed by atoms with van der Waals surface area (Å²) >= 11 is 3.40. The Bertz CT molecular complexity index is 967. The molecule has 8 heteroatoms. The van der Waals surface area contributed by atoms with Crippen molar-refractivity contribution in [3.63, 3.8) is 0 Å². The molecular formula is C19H17BrN4O3. The molecule has 0 unspecified atom stereocenters. The molecule has 2 aromatic carbocycles. The van der Waals surface area contributed by atoms with Crippen LogP contribution in [0, 0.1) is 0 Å². The Morgan fingerprint density at radius 1 is 1.30 bits per heavy atom. The molecule has 0 radical (unpaired) electrons. The second-order valence-electron chi connectivity index (χ2n) is 5.65. The smallest absolute Gasteiger partial charge is 0.291 e. The average molecular weight is 429 g/mol. The first-order valence-electron chi connectivity index (χ1n) is 8.03. The molecule has 138 valence electrons. The quantitative estimate of drug-likeness (QED) is 0.466. The number of hydrogen-bond donors (Lipinski definition) is 2. The minimum atomic E-state index is -0.441. The summed E-state index contributed by atoms with van der Waals surface area (Å²) in [6.07, 6.45) is 3.07. The number of amides is 1. The van der Waals surface area contributed by atoms with Crippen LogP contribution in [0.1, 0.15) is 21.6 Å². The fourth-order valence-electron chi connectivity index (χ4n) is 2.33. The maximum atomic E-state index is 12.2. The normalized spacial score (nSPS) is 10.9. The van der Waals surface area contributed by atoms with Crippen molar-refractivity contribution >= 4 is 28.1 Å². The van der Waals surface area contributed by atoms with Crippen LogP contribution in [-0.2, 0) is 6.54 Å². The van der Waals surface area contributed by atoms with Crippen molar-refractivity contribution in [1.29, 1.82) is 0 Å². The molecule has 1 heterocycles. The molecule has 1 amide bonds. The van der Waals surface area contributed by atoms with E-state index in [4.69, 9.17) is 4.74 Å². The fraction of sp³-hybridized carbons (Fsp3) is 0.105. The molecule has 0 spiro atoms. The molecule has 3 aromatic rings. The van der Waals surface area contributed by atoms with Gasteiger partial charge in [0.25, 0.3) is 5.91 Å². The van der Waals surface area contributed by atoms with Crippen LogP contribution in [0.2, 0.25) is 0 Å². The Hall–Kier alpha value is -3.13. The van der Waals surface area contributed by atoms with E-state index in [-0.39, 0.29) is 11.4 Å². The highest BCUT2D eigenvalue weighted by Gasteiger charge is 2.09. The zero-order valence-corrected chi connectivity index (χ0v) is 16.0. The first-order valence-corrected chi connectivity index (χ1v) is 8.83. The number of halogens is 1. The predicted octanol–water partition coefficient (Wildman–Crippen LogP) is 3.17. The van der Waals surface area contributed by atoms with E-state index in [1.165, 1.54) is 19.4 Å². The van der Waals surface area contributed by atoms with Gasteiger partial charge in [0.2, 0.25) is 0 Å². The van der Waals surface area contributed by atoms with Crippen molar-refractivity contribution in [3.05, 3.63) is 76.0 Å². The number of aromatic hydroxyl groups is 1. The van der Waals surface area contributed by atoms with E-state index < -0.39 is 5.91 Å². The number of rotatable bonds is 6. The summed E-state index contributed by atoms with van der Waals surface area (Å²) in [7, 11) is 1.53. The van der Waals surface area contributed by atoms with E-state index in [9.17, 15) is 9.90 Å². The molecule has 0 fully saturated rings. The van der Waals surface area contributed by atoms with Gasteiger partial charge in [-0.25, -0.2) is 5.43 Å². The maximum Gasteiger partial charge on any atom is 0.291 e. The van der Waals surface area contributed by atoms with Crippen LogP contribution in [0.5, 0.6) is 11.5 Å². The third kappa shape index (κ3) is 4.95. The number of carbonyl (C=O) groups excluding carboxylic acids is 1. The number of hydrogen-bond acceptors (Lipinski definition) is 5. The van der Waals surface area contributed by atoms with E-state index in [1.54, 1.807) is 29.1 Å². The van der Waals surface area contributed by atoms with Gasteiger partial charge in [0.15, 0.2) is 5.69 Å². The fourth-order valence-corrected chi connectivity index (χ4v) is 2.59. The summed E-state index contributed by atoms with van der Waals surface area (Å²) in [5.41, 5.74) is 4.14. The van der Waals surface area contributed by atoms with Gasteiger partial charge in [-0.3, -0.25) is 9.48 Å². The van der Waals surface area contributed by atoms with Gasteiger partial charge in [0, 0.05) is 16.2 Å². The number of methoxy groups -OCH3 is 1. The number of nitrogens with zero attached hydrogens (tertiary/aromatic N) is 3. The Balaban J connectivity index is 1.62.